The minimum atomic E-state index is 0.686. The third kappa shape index (κ3) is 3.85. The van der Waals surface area contributed by atoms with Gasteiger partial charge in [0.1, 0.15) is 0 Å². The summed E-state index contributed by atoms with van der Waals surface area (Å²) in [6.07, 6.45) is 5.10. The van der Waals surface area contributed by atoms with Crippen LogP contribution >= 0.6 is 11.3 Å². The predicted molar refractivity (Wildman–Crippen MR) is 69.1 cm³/mol. The third-order valence-corrected chi connectivity index (χ3v) is 3.85. The minimum absolute atomic E-state index is 0.686. The summed E-state index contributed by atoms with van der Waals surface area (Å²) in [4.78, 5) is 4.46. The molecule has 2 rings (SSSR count). The zero-order valence-electron chi connectivity index (χ0n) is 9.96. The number of nitrogens with one attached hydrogen (secondary N) is 2. The fraction of sp³-hybridized carbons (Fsp3) is 0.750. The van der Waals surface area contributed by atoms with Gasteiger partial charge in [0.15, 0.2) is 0 Å². The largest absolute Gasteiger partial charge is 0.315 e. The first kappa shape index (κ1) is 12.0. The maximum atomic E-state index is 4.46. The predicted octanol–water partition coefficient (Wildman–Crippen LogP) is 1.73. The highest BCUT2D eigenvalue weighted by atomic mass is 32.1. The number of aromatic nitrogens is 1. The number of hydrogen-bond donors (Lipinski definition) is 2. The zero-order chi connectivity index (χ0) is 11.2. The van der Waals surface area contributed by atoms with Crippen LogP contribution in [0.5, 0.6) is 0 Å². The summed E-state index contributed by atoms with van der Waals surface area (Å²) in [5.41, 5.74) is 1.23. The molecule has 1 unspecified atom stereocenters. The molecule has 1 aliphatic rings. The van der Waals surface area contributed by atoms with E-state index in [-0.39, 0.29) is 0 Å². The van der Waals surface area contributed by atoms with E-state index in [2.05, 4.69) is 27.9 Å². The molecule has 1 fully saturated rings. The van der Waals surface area contributed by atoms with Crippen molar-refractivity contribution >= 4 is 11.3 Å². The number of nitrogens with zero attached hydrogens (tertiary/aromatic N) is 1. The molecule has 1 aliphatic heterocycles. The van der Waals surface area contributed by atoms with E-state index in [1.807, 2.05) is 0 Å². The third-order valence-electron chi connectivity index (χ3n) is 3.03. The van der Waals surface area contributed by atoms with E-state index in [0.29, 0.717) is 6.04 Å². The summed E-state index contributed by atoms with van der Waals surface area (Å²) in [5, 5.41) is 10.4. The summed E-state index contributed by atoms with van der Waals surface area (Å²) in [6.45, 7) is 5.40. The Hall–Kier alpha value is -0.450. The fourth-order valence-electron chi connectivity index (χ4n) is 2.11. The number of rotatable bonds is 5. The normalized spacial score (nSPS) is 21.2. The molecule has 0 bridgehead atoms. The van der Waals surface area contributed by atoms with E-state index >= 15 is 0 Å². The quantitative estimate of drug-likeness (QED) is 0.768. The van der Waals surface area contributed by atoms with Crippen molar-refractivity contribution in [1.29, 1.82) is 0 Å². The topological polar surface area (TPSA) is 37.0 Å². The van der Waals surface area contributed by atoms with Crippen molar-refractivity contribution in [1.82, 2.24) is 15.6 Å². The van der Waals surface area contributed by atoms with Gasteiger partial charge in [-0.05, 0) is 26.3 Å². The lowest BCUT2D eigenvalue weighted by atomic mass is 10.1. The Kier molecular flexibility index (Phi) is 4.75. The highest BCUT2D eigenvalue weighted by Gasteiger charge is 2.11. The van der Waals surface area contributed by atoms with E-state index in [4.69, 9.17) is 0 Å². The van der Waals surface area contributed by atoms with Crippen LogP contribution in [0, 0.1) is 6.92 Å². The molecule has 2 heterocycles. The standard InChI is InChI=1S/C12H21N3S/c1-10-15-12(9-16-10)5-7-13-8-11-4-2-3-6-14-11/h9,11,13-14H,2-8H2,1H3. The lowest BCUT2D eigenvalue weighted by molar-refractivity contribution is 0.384. The summed E-state index contributed by atoms with van der Waals surface area (Å²) in [5.74, 6) is 0. The SMILES string of the molecule is Cc1nc(CCNCC2CCCCN2)cs1. The first-order chi connectivity index (χ1) is 7.84. The van der Waals surface area contributed by atoms with Crippen molar-refractivity contribution in [2.75, 3.05) is 19.6 Å². The molecule has 3 nitrogen and oxygen atoms in total. The number of thiazole rings is 1. The first-order valence-electron chi connectivity index (χ1n) is 6.20. The summed E-state index contributed by atoms with van der Waals surface area (Å²) in [6, 6.07) is 0.686. The Bertz CT molecular complexity index is 305. The fourth-order valence-corrected chi connectivity index (χ4v) is 2.76. The van der Waals surface area contributed by atoms with Crippen molar-refractivity contribution in [2.45, 2.75) is 38.6 Å². The molecule has 4 heteroatoms. The van der Waals surface area contributed by atoms with Crippen molar-refractivity contribution in [3.05, 3.63) is 16.1 Å². The summed E-state index contributed by atoms with van der Waals surface area (Å²) >= 11 is 1.74. The van der Waals surface area contributed by atoms with Crippen LogP contribution in [0.2, 0.25) is 0 Å². The Labute approximate surface area is 102 Å². The molecule has 0 saturated carbocycles. The van der Waals surface area contributed by atoms with Gasteiger partial charge in [-0.3, -0.25) is 0 Å². The Morgan fingerprint density at radius 3 is 3.19 bits per heavy atom. The zero-order valence-corrected chi connectivity index (χ0v) is 10.8. The van der Waals surface area contributed by atoms with Crippen molar-refractivity contribution in [3.8, 4) is 0 Å². The van der Waals surface area contributed by atoms with Gasteiger partial charge in [-0.25, -0.2) is 4.98 Å². The summed E-state index contributed by atoms with van der Waals surface area (Å²) < 4.78 is 0. The van der Waals surface area contributed by atoms with E-state index in [1.165, 1.54) is 36.5 Å². The maximum absolute atomic E-state index is 4.46. The van der Waals surface area contributed by atoms with Gasteiger partial charge in [-0.15, -0.1) is 11.3 Å². The molecular formula is C12H21N3S. The second-order valence-corrected chi connectivity index (χ2v) is 5.52. The molecule has 0 aliphatic carbocycles. The molecule has 16 heavy (non-hydrogen) atoms. The average Bonchev–Trinajstić information content (AvgIpc) is 2.72. The van der Waals surface area contributed by atoms with E-state index in [0.717, 1.165) is 19.5 Å². The average molecular weight is 239 g/mol. The van der Waals surface area contributed by atoms with Crippen LogP contribution in [0.3, 0.4) is 0 Å². The van der Waals surface area contributed by atoms with Crippen LogP contribution in [0.15, 0.2) is 5.38 Å². The Morgan fingerprint density at radius 1 is 1.56 bits per heavy atom. The molecule has 2 N–H and O–H groups in total. The van der Waals surface area contributed by atoms with Crippen molar-refractivity contribution in [2.24, 2.45) is 0 Å². The molecule has 0 aromatic carbocycles. The lowest BCUT2D eigenvalue weighted by Gasteiger charge is -2.23. The van der Waals surface area contributed by atoms with Gasteiger partial charge in [0.05, 0.1) is 10.7 Å². The Balaban J connectivity index is 1.57. The molecule has 1 saturated heterocycles. The highest BCUT2D eigenvalue weighted by Crippen LogP contribution is 2.08. The van der Waals surface area contributed by atoms with Gasteiger partial charge in [-0.2, -0.15) is 0 Å². The molecule has 0 radical (unpaired) electrons. The smallest absolute Gasteiger partial charge is 0.0897 e. The summed E-state index contributed by atoms with van der Waals surface area (Å²) in [7, 11) is 0. The Morgan fingerprint density at radius 2 is 2.50 bits per heavy atom. The van der Waals surface area contributed by atoms with Crippen LogP contribution in [0.4, 0.5) is 0 Å². The van der Waals surface area contributed by atoms with Crippen LogP contribution < -0.4 is 10.6 Å². The second kappa shape index (κ2) is 6.33. The van der Waals surface area contributed by atoms with Crippen LogP contribution in [0.1, 0.15) is 30.0 Å². The van der Waals surface area contributed by atoms with Crippen LogP contribution in [0.25, 0.3) is 0 Å². The van der Waals surface area contributed by atoms with Gasteiger partial charge >= 0.3 is 0 Å². The van der Waals surface area contributed by atoms with Crippen LogP contribution in [-0.2, 0) is 6.42 Å². The molecule has 0 spiro atoms. The number of aryl methyl sites for hydroxylation is 1. The van der Waals surface area contributed by atoms with Gasteiger partial charge < -0.3 is 10.6 Å². The van der Waals surface area contributed by atoms with Gasteiger partial charge in [-0.1, -0.05) is 6.42 Å². The van der Waals surface area contributed by atoms with Crippen LogP contribution in [-0.4, -0.2) is 30.7 Å². The minimum Gasteiger partial charge on any atom is -0.315 e. The molecular weight excluding hydrogens is 218 g/mol. The van der Waals surface area contributed by atoms with E-state index in [9.17, 15) is 0 Å². The van der Waals surface area contributed by atoms with Gasteiger partial charge in [0.25, 0.3) is 0 Å². The van der Waals surface area contributed by atoms with Crippen molar-refractivity contribution in [3.63, 3.8) is 0 Å². The monoisotopic (exact) mass is 239 g/mol. The van der Waals surface area contributed by atoms with Gasteiger partial charge in [0.2, 0.25) is 0 Å². The highest BCUT2D eigenvalue weighted by molar-refractivity contribution is 7.09. The van der Waals surface area contributed by atoms with Gasteiger partial charge in [0, 0.05) is 30.9 Å². The number of hydrogen-bond acceptors (Lipinski definition) is 4. The molecule has 1 aromatic heterocycles. The van der Waals surface area contributed by atoms with E-state index < -0.39 is 0 Å². The maximum Gasteiger partial charge on any atom is 0.0897 e. The molecule has 1 atom stereocenters. The van der Waals surface area contributed by atoms with E-state index in [1.54, 1.807) is 11.3 Å². The second-order valence-electron chi connectivity index (χ2n) is 4.46. The lowest BCUT2D eigenvalue weighted by Crippen LogP contribution is -2.42. The van der Waals surface area contributed by atoms with Crippen molar-refractivity contribution < 1.29 is 0 Å². The molecule has 90 valence electrons. The number of piperidine rings is 1. The molecule has 0 amide bonds. The molecule has 1 aromatic rings. The first-order valence-corrected chi connectivity index (χ1v) is 7.07.